The van der Waals surface area contributed by atoms with Gasteiger partial charge in [-0.1, -0.05) is 23.8 Å². The van der Waals surface area contributed by atoms with E-state index in [0.717, 1.165) is 49.3 Å². The minimum atomic E-state index is -4.08. The number of anilines is 1. The van der Waals surface area contributed by atoms with Crippen molar-refractivity contribution in [2.45, 2.75) is 63.8 Å². The average molecular weight is 515 g/mol. The highest BCUT2D eigenvalue weighted by Crippen LogP contribution is 2.26. The second kappa shape index (κ2) is 10.6. The van der Waals surface area contributed by atoms with E-state index >= 15 is 0 Å². The SMILES string of the molecule is Cc1cc(C)c(S(=O)(=O)N[C@@H](CN2CC(CCCc3ccc4c(n3)NCCC4)C2=O)C(=O)O)c(C)c1. The maximum absolute atomic E-state index is 13.0. The number of benzene rings is 1. The Bertz CT molecular complexity index is 1250. The van der Waals surface area contributed by atoms with E-state index in [-0.39, 0.29) is 23.3 Å². The fourth-order valence-corrected chi connectivity index (χ4v) is 6.85. The Hall–Kier alpha value is -2.98. The lowest BCUT2D eigenvalue weighted by atomic mass is 9.91. The van der Waals surface area contributed by atoms with Crippen molar-refractivity contribution in [2.24, 2.45) is 5.92 Å². The molecule has 1 aromatic heterocycles. The minimum absolute atomic E-state index is 0.0816. The molecule has 194 valence electrons. The minimum Gasteiger partial charge on any atom is -0.480 e. The predicted molar refractivity (Wildman–Crippen MR) is 136 cm³/mol. The number of aliphatic carboxylic acids is 1. The van der Waals surface area contributed by atoms with Crippen LogP contribution in [0.3, 0.4) is 0 Å². The molecule has 0 saturated carbocycles. The molecule has 1 saturated heterocycles. The number of pyridine rings is 1. The number of sulfonamides is 1. The number of carbonyl (C=O) groups is 2. The summed E-state index contributed by atoms with van der Waals surface area (Å²) in [6.07, 6.45) is 4.42. The molecule has 2 aliphatic heterocycles. The summed E-state index contributed by atoms with van der Waals surface area (Å²) in [7, 11) is -4.08. The number of β-lactam (4-membered cyclic amide) rings is 1. The quantitative estimate of drug-likeness (QED) is 0.416. The average Bonchev–Trinajstić information content (AvgIpc) is 2.80. The lowest BCUT2D eigenvalue weighted by Gasteiger charge is -2.40. The van der Waals surface area contributed by atoms with Crippen LogP contribution in [0, 0.1) is 26.7 Å². The first kappa shape index (κ1) is 26.1. The highest BCUT2D eigenvalue weighted by Gasteiger charge is 2.39. The molecular formula is C26H34N4O5S. The van der Waals surface area contributed by atoms with Crippen molar-refractivity contribution in [1.29, 1.82) is 0 Å². The number of fused-ring (bicyclic) bond motifs is 1. The first-order chi connectivity index (χ1) is 17.0. The second-order valence-electron chi connectivity index (χ2n) is 9.91. The molecule has 1 amide bonds. The molecule has 2 atom stereocenters. The zero-order valence-electron chi connectivity index (χ0n) is 21.0. The van der Waals surface area contributed by atoms with Gasteiger partial charge in [-0.2, -0.15) is 4.72 Å². The van der Waals surface area contributed by atoms with Gasteiger partial charge in [0.05, 0.1) is 10.8 Å². The third-order valence-electron chi connectivity index (χ3n) is 6.91. The summed E-state index contributed by atoms with van der Waals surface area (Å²) in [5, 5.41) is 13.0. The molecule has 1 aromatic carbocycles. The van der Waals surface area contributed by atoms with Gasteiger partial charge in [0.15, 0.2) is 0 Å². The van der Waals surface area contributed by atoms with Gasteiger partial charge in [-0.15, -0.1) is 0 Å². The summed E-state index contributed by atoms with van der Waals surface area (Å²) >= 11 is 0. The van der Waals surface area contributed by atoms with Crippen LogP contribution >= 0.6 is 0 Å². The molecule has 10 heteroatoms. The number of hydrogen-bond donors (Lipinski definition) is 3. The van der Waals surface area contributed by atoms with E-state index in [1.54, 1.807) is 26.0 Å². The number of amides is 1. The highest BCUT2D eigenvalue weighted by atomic mass is 32.2. The molecule has 3 N–H and O–H groups in total. The number of likely N-dealkylation sites (tertiary alicyclic amines) is 1. The molecule has 0 spiro atoms. The Labute approximate surface area is 212 Å². The van der Waals surface area contributed by atoms with Crippen molar-refractivity contribution in [3.63, 3.8) is 0 Å². The molecule has 0 aliphatic carbocycles. The molecule has 9 nitrogen and oxygen atoms in total. The first-order valence-electron chi connectivity index (χ1n) is 12.4. The smallest absolute Gasteiger partial charge is 0.323 e. The Morgan fingerprint density at radius 3 is 2.64 bits per heavy atom. The van der Waals surface area contributed by atoms with Gasteiger partial charge in [0.25, 0.3) is 0 Å². The summed E-state index contributed by atoms with van der Waals surface area (Å²) in [4.78, 5) is 30.7. The Kier molecular flexibility index (Phi) is 7.65. The first-order valence-corrected chi connectivity index (χ1v) is 13.9. The number of rotatable bonds is 10. The lowest BCUT2D eigenvalue weighted by molar-refractivity contribution is -0.150. The van der Waals surface area contributed by atoms with Gasteiger partial charge >= 0.3 is 5.97 Å². The fourth-order valence-electron chi connectivity index (χ4n) is 5.22. The Morgan fingerprint density at radius 1 is 1.25 bits per heavy atom. The maximum Gasteiger partial charge on any atom is 0.323 e. The standard InChI is InChI=1S/C26H34N4O5S/c1-16-12-17(2)23(18(3)13-16)36(34,35)29-22(26(32)33)15-30-14-20(25(30)31)6-4-8-21-10-9-19-7-5-11-27-24(19)28-21/h9-10,12-13,20,22,29H,4-8,11,14-15H2,1-3H3,(H,27,28)(H,32,33)/t20?,22-/m0/s1. The molecule has 1 unspecified atom stereocenters. The molecule has 36 heavy (non-hydrogen) atoms. The van der Waals surface area contributed by atoms with Gasteiger partial charge in [-0.25, -0.2) is 13.4 Å². The van der Waals surface area contributed by atoms with Crippen molar-refractivity contribution in [3.05, 3.63) is 52.2 Å². The van der Waals surface area contributed by atoms with E-state index in [4.69, 9.17) is 0 Å². The zero-order chi connectivity index (χ0) is 26.0. The van der Waals surface area contributed by atoms with Gasteiger partial charge in [-0.05, 0) is 75.6 Å². The van der Waals surface area contributed by atoms with Crippen LogP contribution in [0.1, 0.15) is 47.2 Å². The molecule has 3 heterocycles. The van der Waals surface area contributed by atoms with Crippen LogP contribution in [0.5, 0.6) is 0 Å². The van der Waals surface area contributed by atoms with Crippen molar-refractivity contribution >= 4 is 27.7 Å². The van der Waals surface area contributed by atoms with E-state index in [1.165, 1.54) is 10.5 Å². The van der Waals surface area contributed by atoms with Crippen LogP contribution in [0.25, 0.3) is 0 Å². The topological polar surface area (TPSA) is 129 Å². The molecule has 1 fully saturated rings. The number of aromatic nitrogens is 1. The fraction of sp³-hybridized carbons (Fsp3) is 0.500. The number of carboxylic acids is 1. The number of hydrogen-bond acceptors (Lipinski definition) is 6. The molecule has 2 aromatic rings. The van der Waals surface area contributed by atoms with Gasteiger partial charge in [-0.3, -0.25) is 9.59 Å². The largest absolute Gasteiger partial charge is 0.480 e. The number of carbonyl (C=O) groups excluding carboxylic acids is 1. The number of nitrogens with one attached hydrogen (secondary N) is 2. The van der Waals surface area contributed by atoms with Crippen molar-refractivity contribution in [1.82, 2.24) is 14.6 Å². The molecule has 4 rings (SSSR count). The zero-order valence-corrected chi connectivity index (χ0v) is 21.8. The van der Waals surface area contributed by atoms with Gasteiger partial charge < -0.3 is 15.3 Å². The number of aryl methyl sites for hydroxylation is 5. The summed E-state index contributed by atoms with van der Waals surface area (Å²) < 4.78 is 28.3. The lowest BCUT2D eigenvalue weighted by Crippen LogP contribution is -2.58. The molecule has 2 aliphatic rings. The van der Waals surface area contributed by atoms with Gasteiger partial charge in [0.2, 0.25) is 15.9 Å². The van der Waals surface area contributed by atoms with Crippen molar-refractivity contribution in [2.75, 3.05) is 25.0 Å². The van der Waals surface area contributed by atoms with Crippen molar-refractivity contribution in [3.8, 4) is 0 Å². The van der Waals surface area contributed by atoms with Crippen LogP contribution in [0.2, 0.25) is 0 Å². The van der Waals surface area contributed by atoms with Crippen LogP contribution in [0.4, 0.5) is 5.82 Å². The third kappa shape index (κ3) is 5.70. The van der Waals surface area contributed by atoms with E-state index in [0.29, 0.717) is 24.1 Å². The summed E-state index contributed by atoms with van der Waals surface area (Å²) in [5.41, 5.74) is 4.26. The Balaban J connectivity index is 1.30. The van der Waals surface area contributed by atoms with E-state index < -0.39 is 22.0 Å². The van der Waals surface area contributed by atoms with Crippen LogP contribution in [0.15, 0.2) is 29.2 Å². The highest BCUT2D eigenvalue weighted by molar-refractivity contribution is 7.89. The molecular weight excluding hydrogens is 480 g/mol. The molecule has 0 radical (unpaired) electrons. The van der Waals surface area contributed by atoms with E-state index in [9.17, 15) is 23.1 Å². The Morgan fingerprint density at radius 2 is 1.97 bits per heavy atom. The number of nitrogens with zero attached hydrogens (tertiary/aromatic N) is 2. The summed E-state index contributed by atoms with van der Waals surface area (Å²) in [5.74, 6) is -0.663. The van der Waals surface area contributed by atoms with Gasteiger partial charge in [0, 0.05) is 25.3 Å². The summed E-state index contributed by atoms with van der Waals surface area (Å²) in [6, 6.07) is 6.23. The van der Waals surface area contributed by atoms with Crippen LogP contribution < -0.4 is 10.0 Å². The third-order valence-corrected chi connectivity index (χ3v) is 8.69. The van der Waals surface area contributed by atoms with E-state index in [1.807, 2.05) is 13.0 Å². The maximum atomic E-state index is 13.0. The van der Waals surface area contributed by atoms with Crippen molar-refractivity contribution < 1.29 is 23.1 Å². The van der Waals surface area contributed by atoms with Crippen LogP contribution in [-0.4, -0.2) is 61.0 Å². The van der Waals surface area contributed by atoms with Crippen LogP contribution in [-0.2, 0) is 32.5 Å². The monoisotopic (exact) mass is 514 g/mol. The normalized spacial score (nSPS) is 18.2. The van der Waals surface area contributed by atoms with E-state index in [2.05, 4.69) is 21.1 Å². The second-order valence-corrected chi connectivity index (χ2v) is 11.6. The molecule has 0 bridgehead atoms. The predicted octanol–water partition coefficient (Wildman–Crippen LogP) is 2.58. The van der Waals surface area contributed by atoms with Gasteiger partial charge in [0.1, 0.15) is 11.9 Å². The number of carboxylic acid groups (broad SMARTS) is 1. The summed E-state index contributed by atoms with van der Waals surface area (Å²) in [6.45, 7) is 6.40.